The fourth-order valence-corrected chi connectivity index (χ4v) is 4.96. The second-order valence-electron chi connectivity index (χ2n) is 5.86. The highest BCUT2D eigenvalue weighted by molar-refractivity contribution is 8.00. The van der Waals surface area contributed by atoms with Gasteiger partial charge in [0, 0.05) is 10.1 Å². The van der Waals surface area contributed by atoms with Gasteiger partial charge in [0.15, 0.2) is 0 Å². The Hall–Kier alpha value is -1.78. The van der Waals surface area contributed by atoms with Gasteiger partial charge in [0.1, 0.15) is 0 Å². The molecule has 22 heavy (non-hydrogen) atoms. The number of aliphatic hydroxyl groups is 1. The van der Waals surface area contributed by atoms with E-state index in [1.165, 1.54) is 5.56 Å². The van der Waals surface area contributed by atoms with Crippen LogP contribution >= 0.6 is 11.8 Å². The smallest absolute Gasteiger partial charge is 0.335 e. The largest absolute Gasteiger partial charge is 0.478 e. The maximum absolute atomic E-state index is 11.4. The van der Waals surface area contributed by atoms with Gasteiger partial charge in [0.05, 0.1) is 11.7 Å². The Balaban J connectivity index is 1.86. The zero-order chi connectivity index (χ0) is 15.3. The lowest BCUT2D eigenvalue weighted by molar-refractivity contribution is -0.132. The third-order valence-electron chi connectivity index (χ3n) is 4.56. The minimum absolute atomic E-state index is 0.105. The van der Waals surface area contributed by atoms with Crippen LogP contribution in [0.15, 0.2) is 46.4 Å². The van der Waals surface area contributed by atoms with Gasteiger partial charge in [-0.25, -0.2) is 4.79 Å². The van der Waals surface area contributed by atoms with Crippen LogP contribution in [0.5, 0.6) is 0 Å². The van der Waals surface area contributed by atoms with Gasteiger partial charge in [-0.3, -0.25) is 0 Å². The van der Waals surface area contributed by atoms with Crippen molar-refractivity contribution in [3.63, 3.8) is 0 Å². The minimum Gasteiger partial charge on any atom is -0.478 e. The first-order valence-corrected chi connectivity index (χ1v) is 8.35. The first-order chi connectivity index (χ1) is 10.6. The highest BCUT2D eigenvalue weighted by Crippen LogP contribution is 2.46. The van der Waals surface area contributed by atoms with Crippen LogP contribution in [0.4, 0.5) is 0 Å². The topological polar surface area (TPSA) is 57.5 Å². The molecular formula is C18H16O3S. The number of carboxylic acid groups (broad SMARTS) is 1. The van der Waals surface area contributed by atoms with Crippen LogP contribution in [0, 0.1) is 0 Å². The van der Waals surface area contributed by atoms with Gasteiger partial charge in [-0.05, 0) is 41.5 Å². The fraction of sp³-hybridized carbons (Fsp3) is 0.278. The first kappa shape index (κ1) is 13.9. The van der Waals surface area contributed by atoms with Gasteiger partial charge in [-0.2, -0.15) is 0 Å². The lowest BCUT2D eigenvalue weighted by Crippen LogP contribution is -2.14. The maximum atomic E-state index is 11.4. The first-order valence-electron chi connectivity index (χ1n) is 7.47. The van der Waals surface area contributed by atoms with Gasteiger partial charge in [-0.1, -0.05) is 36.4 Å². The van der Waals surface area contributed by atoms with Crippen LogP contribution in [0.1, 0.15) is 35.6 Å². The van der Waals surface area contributed by atoms with Crippen molar-refractivity contribution in [3.8, 4) is 0 Å². The fourth-order valence-electron chi connectivity index (χ4n) is 3.47. The molecule has 0 fully saturated rings. The molecule has 112 valence electrons. The summed E-state index contributed by atoms with van der Waals surface area (Å²) in [6, 6.07) is 4.18. The molecule has 2 aliphatic carbocycles. The zero-order valence-electron chi connectivity index (χ0n) is 12.0. The molecule has 0 saturated heterocycles. The molecule has 2 N–H and O–H groups in total. The molecule has 2 unspecified atom stereocenters. The molecule has 3 nitrogen and oxygen atoms in total. The number of allylic oxidation sites excluding steroid dienone is 2. The molecular weight excluding hydrogens is 296 g/mol. The quantitative estimate of drug-likeness (QED) is 0.833. The molecule has 1 aromatic carbocycles. The van der Waals surface area contributed by atoms with Gasteiger partial charge in [-0.15, -0.1) is 11.8 Å². The molecule has 1 aliphatic heterocycles. The summed E-state index contributed by atoms with van der Waals surface area (Å²) >= 11 is 1.70. The molecule has 3 aliphatic rings. The standard InChI is InChI=1S/C18H16O3S/c19-14-9-7-10-4-5-11-6-8-12-13(18(20)21)2-1-3-15(12)22-17(11)16(10)14/h1-2,4-6,8,14-15,19H,3,7,9H2,(H,20,21). The Morgan fingerprint density at radius 3 is 2.91 bits per heavy atom. The number of thioether (sulfide) groups is 1. The summed E-state index contributed by atoms with van der Waals surface area (Å²) < 4.78 is 0. The highest BCUT2D eigenvalue weighted by atomic mass is 32.2. The molecule has 4 heteroatoms. The van der Waals surface area contributed by atoms with Crippen molar-refractivity contribution in [3.05, 3.63) is 58.2 Å². The molecule has 0 saturated carbocycles. The monoisotopic (exact) mass is 312 g/mol. The van der Waals surface area contributed by atoms with Gasteiger partial charge in [0.25, 0.3) is 0 Å². The summed E-state index contributed by atoms with van der Waals surface area (Å²) in [7, 11) is 0. The van der Waals surface area contributed by atoms with Crippen molar-refractivity contribution >= 4 is 23.8 Å². The molecule has 0 bridgehead atoms. The summed E-state index contributed by atoms with van der Waals surface area (Å²) in [6.07, 6.45) is 9.69. The number of hydrogen-bond acceptors (Lipinski definition) is 3. The van der Waals surface area contributed by atoms with E-state index in [1.807, 2.05) is 18.2 Å². The second kappa shape index (κ2) is 5.14. The van der Waals surface area contributed by atoms with Gasteiger partial charge >= 0.3 is 5.97 Å². The normalized spacial score (nSPS) is 25.5. The summed E-state index contributed by atoms with van der Waals surface area (Å²) in [5.41, 5.74) is 4.61. The number of hydrogen-bond donors (Lipinski definition) is 2. The van der Waals surface area contributed by atoms with E-state index in [2.05, 4.69) is 12.1 Å². The number of aryl methyl sites for hydroxylation is 1. The third-order valence-corrected chi connectivity index (χ3v) is 5.98. The van der Waals surface area contributed by atoms with E-state index < -0.39 is 12.1 Å². The lowest BCUT2D eigenvalue weighted by atomic mass is 9.96. The van der Waals surface area contributed by atoms with E-state index in [0.717, 1.165) is 40.9 Å². The summed E-state index contributed by atoms with van der Waals surface area (Å²) in [5, 5.41) is 19.8. The van der Waals surface area contributed by atoms with Crippen molar-refractivity contribution < 1.29 is 15.0 Å². The number of aliphatic hydroxyl groups excluding tert-OH is 1. The number of rotatable bonds is 1. The number of carboxylic acids is 1. The summed E-state index contributed by atoms with van der Waals surface area (Å²) in [6.45, 7) is 0. The van der Waals surface area contributed by atoms with Crippen LogP contribution in [0.25, 0.3) is 6.08 Å². The number of aliphatic carboxylic acids is 1. The molecule has 1 aromatic rings. The van der Waals surface area contributed by atoms with E-state index in [1.54, 1.807) is 17.8 Å². The van der Waals surface area contributed by atoms with Crippen molar-refractivity contribution in [2.45, 2.75) is 35.5 Å². The Morgan fingerprint density at radius 1 is 1.23 bits per heavy atom. The Bertz CT molecular complexity index is 758. The molecule has 1 heterocycles. The molecule has 2 atom stereocenters. The lowest BCUT2D eigenvalue weighted by Gasteiger charge is -2.22. The average molecular weight is 312 g/mol. The SMILES string of the molecule is O=C(O)C1=C2C=Cc3ccc4c(c3SC2CC=C1)C(O)CC4. The van der Waals surface area contributed by atoms with Crippen molar-refractivity contribution in [2.75, 3.05) is 0 Å². The zero-order valence-corrected chi connectivity index (χ0v) is 12.8. The Labute approximate surface area is 133 Å². The summed E-state index contributed by atoms with van der Waals surface area (Å²) in [4.78, 5) is 12.6. The van der Waals surface area contributed by atoms with Crippen LogP contribution in [0.2, 0.25) is 0 Å². The van der Waals surface area contributed by atoms with E-state index in [-0.39, 0.29) is 5.25 Å². The minimum atomic E-state index is -0.877. The van der Waals surface area contributed by atoms with E-state index in [4.69, 9.17) is 0 Å². The maximum Gasteiger partial charge on any atom is 0.335 e. The summed E-state index contributed by atoms with van der Waals surface area (Å²) in [5.74, 6) is -0.877. The van der Waals surface area contributed by atoms with Gasteiger partial charge < -0.3 is 10.2 Å². The number of benzene rings is 1. The average Bonchev–Trinajstić information content (AvgIpc) is 2.78. The van der Waals surface area contributed by atoms with Crippen molar-refractivity contribution in [1.82, 2.24) is 0 Å². The molecule has 0 aromatic heterocycles. The Morgan fingerprint density at radius 2 is 2.09 bits per heavy atom. The number of carbonyl (C=O) groups is 1. The second-order valence-corrected chi connectivity index (χ2v) is 7.08. The molecule has 0 spiro atoms. The van der Waals surface area contributed by atoms with Crippen LogP contribution in [0.3, 0.4) is 0 Å². The van der Waals surface area contributed by atoms with Gasteiger partial charge in [0.2, 0.25) is 0 Å². The van der Waals surface area contributed by atoms with Crippen molar-refractivity contribution in [2.24, 2.45) is 0 Å². The van der Waals surface area contributed by atoms with Crippen LogP contribution in [-0.2, 0) is 11.2 Å². The number of fused-ring (bicyclic) bond motifs is 4. The predicted molar refractivity (Wildman–Crippen MR) is 86.8 cm³/mol. The van der Waals surface area contributed by atoms with E-state index in [0.29, 0.717) is 5.57 Å². The highest BCUT2D eigenvalue weighted by Gasteiger charge is 2.30. The molecule has 0 amide bonds. The Kier molecular flexibility index (Phi) is 3.24. The molecule has 4 rings (SSSR count). The molecule has 0 radical (unpaired) electrons. The van der Waals surface area contributed by atoms with Crippen molar-refractivity contribution in [1.29, 1.82) is 0 Å². The van der Waals surface area contributed by atoms with E-state index in [9.17, 15) is 15.0 Å². The van der Waals surface area contributed by atoms with E-state index >= 15 is 0 Å². The third kappa shape index (κ3) is 2.06. The van der Waals surface area contributed by atoms with Crippen LogP contribution < -0.4 is 0 Å². The predicted octanol–water partition coefficient (Wildman–Crippen LogP) is 3.49. The van der Waals surface area contributed by atoms with Crippen LogP contribution in [-0.4, -0.2) is 21.4 Å².